The molecule has 2 heteroatoms. The Hall–Kier alpha value is -0.630. The first-order chi connectivity index (χ1) is 7.28. The van der Waals surface area contributed by atoms with E-state index in [0.29, 0.717) is 0 Å². The zero-order valence-corrected chi connectivity index (χ0v) is 10.3. The number of carbonyl (C=O) groups excluding carboxylic acids is 1. The first kappa shape index (κ1) is 10.9. The molecular formula is C13H15BrO. The second-order valence-corrected chi connectivity index (χ2v) is 5.17. The highest BCUT2D eigenvalue weighted by atomic mass is 79.9. The highest BCUT2D eigenvalue weighted by Crippen LogP contribution is 2.40. The van der Waals surface area contributed by atoms with Crippen LogP contribution < -0.4 is 0 Å². The van der Waals surface area contributed by atoms with E-state index in [1.807, 2.05) is 18.2 Å². The fourth-order valence-corrected chi connectivity index (χ4v) is 3.18. The summed E-state index contributed by atoms with van der Waals surface area (Å²) in [6.45, 7) is 0. The lowest BCUT2D eigenvalue weighted by atomic mass is 9.70. The van der Waals surface area contributed by atoms with Gasteiger partial charge in [-0.15, -0.1) is 0 Å². The van der Waals surface area contributed by atoms with Crippen LogP contribution in [0.25, 0.3) is 0 Å². The van der Waals surface area contributed by atoms with Gasteiger partial charge < -0.3 is 4.79 Å². The second kappa shape index (κ2) is 4.48. The van der Waals surface area contributed by atoms with Crippen LogP contribution in [0.4, 0.5) is 0 Å². The van der Waals surface area contributed by atoms with E-state index >= 15 is 0 Å². The van der Waals surface area contributed by atoms with Gasteiger partial charge in [0, 0.05) is 4.47 Å². The molecule has 0 saturated heterocycles. The van der Waals surface area contributed by atoms with Crippen molar-refractivity contribution < 1.29 is 4.79 Å². The van der Waals surface area contributed by atoms with Crippen molar-refractivity contribution in [3.05, 3.63) is 34.3 Å². The van der Waals surface area contributed by atoms with E-state index in [-0.39, 0.29) is 5.41 Å². The molecule has 1 nitrogen and oxygen atoms in total. The minimum atomic E-state index is -0.224. The van der Waals surface area contributed by atoms with Crippen LogP contribution in [-0.2, 0) is 10.2 Å². The van der Waals surface area contributed by atoms with Gasteiger partial charge in [-0.05, 0) is 24.5 Å². The van der Waals surface area contributed by atoms with Crippen LogP contribution in [0.3, 0.4) is 0 Å². The van der Waals surface area contributed by atoms with Crippen molar-refractivity contribution in [2.75, 3.05) is 0 Å². The summed E-state index contributed by atoms with van der Waals surface area (Å²) in [5, 5.41) is 0. The van der Waals surface area contributed by atoms with E-state index in [1.165, 1.54) is 24.8 Å². The normalized spacial score (nSPS) is 19.8. The van der Waals surface area contributed by atoms with Crippen molar-refractivity contribution in [2.45, 2.75) is 37.5 Å². The van der Waals surface area contributed by atoms with Crippen LogP contribution in [0.2, 0.25) is 0 Å². The molecule has 1 aliphatic carbocycles. The summed E-state index contributed by atoms with van der Waals surface area (Å²) in [7, 11) is 0. The molecule has 0 N–H and O–H groups in total. The third-order valence-corrected chi connectivity index (χ3v) is 4.07. The molecule has 0 atom stereocenters. The number of benzene rings is 1. The first-order valence-electron chi connectivity index (χ1n) is 5.50. The van der Waals surface area contributed by atoms with Gasteiger partial charge in [-0.25, -0.2) is 0 Å². The van der Waals surface area contributed by atoms with E-state index in [4.69, 9.17) is 0 Å². The summed E-state index contributed by atoms with van der Waals surface area (Å²) >= 11 is 3.55. The monoisotopic (exact) mass is 266 g/mol. The summed E-state index contributed by atoms with van der Waals surface area (Å²) in [6, 6.07) is 8.11. The van der Waals surface area contributed by atoms with Crippen molar-refractivity contribution in [3.63, 3.8) is 0 Å². The molecule has 1 aromatic rings. The van der Waals surface area contributed by atoms with Gasteiger partial charge in [0.15, 0.2) is 0 Å². The lowest BCUT2D eigenvalue weighted by molar-refractivity contribution is -0.113. The Morgan fingerprint density at radius 2 is 1.80 bits per heavy atom. The zero-order chi connectivity index (χ0) is 10.7. The molecule has 0 spiro atoms. The van der Waals surface area contributed by atoms with Crippen LogP contribution in [0.5, 0.6) is 0 Å². The Balaban J connectivity index is 2.41. The van der Waals surface area contributed by atoms with Gasteiger partial charge in [0.05, 0.1) is 5.41 Å². The molecule has 2 rings (SSSR count). The smallest absolute Gasteiger partial charge is 0.130 e. The highest BCUT2D eigenvalue weighted by Gasteiger charge is 2.34. The molecule has 0 unspecified atom stereocenters. The maximum Gasteiger partial charge on any atom is 0.130 e. The Labute approximate surface area is 99.0 Å². The molecule has 1 aliphatic rings. The van der Waals surface area contributed by atoms with Crippen LogP contribution in [0.15, 0.2) is 28.7 Å². The van der Waals surface area contributed by atoms with Crippen LogP contribution in [0.1, 0.15) is 37.7 Å². The maximum atomic E-state index is 11.4. The van der Waals surface area contributed by atoms with E-state index in [2.05, 4.69) is 22.0 Å². The van der Waals surface area contributed by atoms with E-state index in [1.54, 1.807) is 0 Å². The van der Waals surface area contributed by atoms with Gasteiger partial charge in [0.1, 0.15) is 6.29 Å². The van der Waals surface area contributed by atoms with E-state index in [0.717, 1.165) is 23.6 Å². The predicted octanol–water partition coefficient (Wildman–Crippen LogP) is 3.85. The van der Waals surface area contributed by atoms with Crippen LogP contribution in [0, 0.1) is 0 Å². The molecule has 0 aliphatic heterocycles. The summed E-state index contributed by atoms with van der Waals surface area (Å²) < 4.78 is 1.07. The lowest BCUT2D eigenvalue weighted by Gasteiger charge is -2.33. The number of halogens is 1. The van der Waals surface area contributed by atoms with Crippen molar-refractivity contribution in [1.82, 2.24) is 0 Å². The standard InChI is InChI=1S/C13H15BrO/c14-12-7-3-2-6-11(12)13(10-15)8-4-1-5-9-13/h2-3,6-7,10H,1,4-5,8-9H2. The van der Waals surface area contributed by atoms with Crippen LogP contribution >= 0.6 is 15.9 Å². The second-order valence-electron chi connectivity index (χ2n) is 4.31. The fraction of sp³-hybridized carbons (Fsp3) is 0.462. The van der Waals surface area contributed by atoms with Gasteiger partial charge in [-0.2, -0.15) is 0 Å². The molecule has 0 heterocycles. The lowest BCUT2D eigenvalue weighted by Crippen LogP contribution is -2.31. The summed E-state index contributed by atoms with van der Waals surface area (Å²) in [5.74, 6) is 0. The van der Waals surface area contributed by atoms with Crippen molar-refractivity contribution in [3.8, 4) is 0 Å². The molecule has 0 aromatic heterocycles. The number of hydrogen-bond donors (Lipinski definition) is 0. The fourth-order valence-electron chi connectivity index (χ4n) is 2.50. The topological polar surface area (TPSA) is 17.1 Å². The van der Waals surface area contributed by atoms with Crippen molar-refractivity contribution in [1.29, 1.82) is 0 Å². The number of carbonyl (C=O) groups is 1. The maximum absolute atomic E-state index is 11.4. The quantitative estimate of drug-likeness (QED) is 0.744. The van der Waals surface area contributed by atoms with Crippen molar-refractivity contribution in [2.24, 2.45) is 0 Å². The van der Waals surface area contributed by atoms with E-state index in [9.17, 15) is 4.79 Å². The molecule has 0 bridgehead atoms. The van der Waals surface area contributed by atoms with Gasteiger partial charge in [-0.3, -0.25) is 0 Å². The SMILES string of the molecule is O=CC1(c2ccccc2Br)CCCCC1. The molecule has 0 radical (unpaired) electrons. The number of aldehydes is 1. The summed E-state index contributed by atoms with van der Waals surface area (Å²) in [5.41, 5.74) is 0.943. The van der Waals surface area contributed by atoms with E-state index < -0.39 is 0 Å². The molecule has 1 saturated carbocycles. The zero-order valence-electron chi connectivity index (χ0n) is 8.71. The van der Waals surface area contributed by atoms with Gasteiger partial charge in [-0.1, -0.05) is 53.4 Å². The summed E-state index contributed by atoms with van der Waals surface area (Å²) in [4.78, 5) is 11.4. The van der Waals surface area contributed by atoms with Gasteiger partial charge in [0.2, 0.25) is 0 Å². The Morgan fingerprint density at radius 1 is 1.13 bits per heavy atom. The predicted molar refractivity (Wildman–Crippen MR) is 65.0 cm³/mol. The van der Waals surface area contributed by atoms with Crippen LogP contribution in [-0.4, -0.2) is 6.29 Å². The third kappa shape index (κ3) is 2.00. The molecule has 15 heavy (non-hydrogen) atoms. The van der Waals surface area contributed by atoms with Gasteiger partial charge in [0.25, 0.3) is 0 Å². The number of rotatable bonds is 2. The Morgan fingerprint density at radius 3 is 2.40 bits per heavy atom. The molecule has 0 amide bonds. The average Bonchev–Trinajstić information content (AvgIpc) is 2.30. The molecular weight excluding hydrogens is 252 g/mol. The minimum absolute atomic E-state index is 0.224. The van der Waals surface area contributed by atoms with Crippen molar-refractivity contribution >= 4 is 22.2 Å². The Bertz CT molecular complexity index is 353. The Kier molecular flexibility index (Phi) is 3.25. The summed E-state index contributed by atoms with van der Waals surface area (Å²) in [6.07, 6.45) is 6.75. The largest absolute Gasteiger partial charge is 0.302 e. The highest BCUT2D eigenvalue weighted by molar-refractivity contribution is 9.10. The molecule has 1 fully saturated rings. The first-order valence-corrected chi connectivity index (χ1v) is 6.29. The minimum Gasteiger partial charge on any atom is -0.302 e. The third-order valence-electron chi connectivity index (χ3n) is 3.38. The number of hydrogen-bond acceptors (Lipinski definition) is 1. The van der Waals surface area contributed by atoms with Gasteiger partial charge >= 0.3 is 0 Å². The molecule has 1 aromatic carbocycles. The molecule has 80 valence electrons. The average molecular weight is 267 g/mol.